The van der Waals surface area contributed by atoms with Crippen molar-refractivity contribution in [1.29, 1.82) is 0 Å². The van der Waals surface area contributed by atoms with Crippen molar-refractivity contribution in [3.8, 4) is 0 Å². The minimum atomic E-state index is -0.787. The van der Waals surface area contributed by atoms with Crippen LogP contribution in [0.4, 0.5) is 0 Å². The Balaban J connectivity index is 0.00000144. The van der Waals surface area contributed by atoms with Crippen LogP contribution in [0.2, 0.25) is 0 Å². The molecule has 1 aliphatic rings. The number of nitrogens with one attached hydrogen (secondary N) is 1. The Morgan fingerprint density at radius 1 is 1.62 bits per heavy atom. The molecule has 13 heavy (non-hydrogen) atoms. The first-order chi connectivity index (χ1) is 5.55. The van der Waals surface area contributed by atoms with Gasteiger partial charge in [-0.25, -0.2) is 0 Å². The van der Waals surface area contributed by atoms with Gasteiger partial charge in [-0.3, -0.25) is 4.79 Å². The van der Waals surface area contributed by atoms with Crippen LogP contribution in [0.3, 0.4) is 0 Å². The molecular formula is C8H16ClNO3. The van der Waals surface area contributed by atoms with E-state index in [0.29, 0.717) is 13.2 Å². The molecule has 0 aromatic rings. The lowest BCUT2D eigenvalue weighted by atomic mass is 9.84. The Hall–Kier alpha value is -0.320. The summed E-state index contributed by atoms with van der Waals surface area (Å²) in [4.78, 5) is 10.8. The summed E-state index contributed by atoms with van der Waals surface area (Å²) in [6, 6.07) is -0.0799. The van der Waals surface area contributed by atoms with Crippen molar-refractivity contribution in [2.24, 2.45) is 5.41 Å². The average Bonchev–Trinajstić information content (AvgIpc) is 2.06. The number of halogens is 1. The van der Waals surface area contributed by atoms with E-state index in [2.05, 4.69) is 5.32 Å². The highest BCUT2D eigenvalue weighted by Crippen LogP contribution is 2.22. The lowest BCUT2D eigenvalue weighted by Crippen LogP contribution is -2.53. The van der Waals surface area contributed by atoms with E-state index in [1.807, 2.05) is 0 Å². The molecule has 5 heteroatoms. The highest BCUT2D eigenvalue weighted by atomic mass is 35.5. The fourth-order valence-corrected chi connectivity index (χ4v) is 1.18. The van der Waals surface area contributed by atoms with Gasteiger partial charge in [0, 0.05) is 12.6 Å². The van der Waals surface area contributed by atoms with Gasteiger partial charge < -0.3 is 15.2 Å². The van der Waals surface area contributed by atoms with Crippen LogP contribution in [0.5, 0.6) is 0 Å². The van der Waals surface area contributed by atoms with E-state index in [4.69, 9.17) is 9.84 Å². The van der Waals surface area contributed by atoms with Crippen LogP contribution in [0.15, 0.2) is 0 Å². The van der Waals surface area contributed by atoms with Gasteiger partial charge in [-0.05, 0) is 13.8 Å². The van der Waals surface area contributed by atoms with Gasteiger partial charge in [-0.15, -0.1) is 12.4 Å². The Labute approximate surface area is 84.1 Å². The number of rotatable bonds is 2. The zero-order valence-electron chi connectivity index (χ0n) is 7.87. The van der Waals surface area contributed by atoms with E-state index in [-0.39, 0.29) is 18.4 Å². The van der Waals surface area contributed by atoms with Crippen LogP contribution >= 0.6 is 12.4 Å². The molecule has 1 aliphatic heterocycles. The number of carboxylic acids is 1. The van der Waals surface area contributed by atoms with E-state index >= 15 is 0 Å². The maximum atomic E-state index is 10.8. The van der Waals surface area contributed by atoms with Crippen molar-refractivity contribution in [3.63, 3.8) is 0 Å². The Morgan fingerprint density at radius 3 is 2.62 bits per heavy atom. The molecule has 78 valence electrons. The second-order valence-corrected chi connectivity index (χ2v) is 3.61. The maximum absolute atomic E-state index is 10.8. The topological polar surface area (TPSA) is 58.6 Å². The fraction of sp³-hybridized carbons (Fsp3) is 0.875. The smallest absolute Gasteiger partial charge is 0.310 e. The normalized spacial score (nSPS) is 23.4. The summed E-state index contributed by atoms with van der Waals surface area (Å²) in [5.41, 5.74) is -0.750. The zero-order valence-corrected chi connectivity index (χ0v) is 8.69. The number of carboxylic acid groups (broad SMARTS) is 1. The third-order valence-corrected chi connectivity index (χ3v) is 2.34. The summed E-state index contributed by atoms with van der Waals surface area (Å²) < 4.78 is 5.19. The van der Waals surface area contributed by atoms with Crippen LogP contribution in [-0.2, 0) is 9.53 Å². The van der Waals surface area contributed by atoms with Crippen molar-refractivity contribution < 1.29 is 14.6 Å². The molecule has 1 unspecified atom stereocenters. The van der Waals surface area contributed by atoms with Gasteiger partial charge in [0.05, 0.1) is 18.6 Å². The molecule has 1 rings (SSSR count). The lowest BCUT2D eigenvalue weighted by Gasteiger charge is -2.34. The monoisotopic (exact) mass is 209 g/mol. The number of aliphatic carboxylic acids is 1. The van der Waals surface area contributed by atoms with Gasteiger partial charge in [0.1, 0.15) is 0 Å². The standard InChI is InChI=1S/C8H15NO3.ClH/c1-8(2,7(10)11)6-5-12-4-3-9-6;/h6,9H,3-5H2,1-2H3,(H,10,11);1H. The van der Waals surface area contributed by atoms with E-state index in [1.165, 1.54) is 0 Å². The van der Waals surface area contributed by atoms with Gasteiger partial charge in [-0.1, -0.05) is 0 Å². The summed E-state index contributed by atoms with van der Waals surface area (Å²) in [7, 11) is 0. The Kier molecular flexibility index (Phi) is 4.67. The Morgan fingerprint density at radius 2 is 2.23 bits per heavy atom. The predicted octanol–water partition coefficient (Wildman–Crippen LogP) is 0.507. The average molecular weight is 210 g/mol. The molecule has 0 aromatic heterocycles. The van der Waals surface area contributed by atoms with Gasteiger partial charge in [0.2, 0.25) is 0 Å². The molecule has 0 spiro atoms. The highest BCUT2D eigenvalue weighted by molar-refractivity contribution is 5.85. The van der Waals surface area contributed by atoms with Crippen LogP contribution in [-0.4, -0.2) is 36.9 Å². The molecule has 0 radical (unpaired) electrons. The largest absolute Gasteiger partial charge is 0.481 e. The number of hydrogen-bond donors (Lipinski definition) is 2. The molecule has 1 fully saturated rings. The van der Waals surface area contributed by atoms with Crippen LogP contribution in [0, 0.1) is 5.41 Å². The SMILES string of the molecule is CC(C)(C(=O)O)C1COCCN1.Cl. The van der Waals surface area contributed by atoms with E-state index in [1.54, 1.807) is 13.8 Å². The molecule has 4 nitrogen and oxygen atoms in total. The molecule has 1 atom stereocenters. The van der Waals surface area contributed by atoms with Gasteiger partial charge in [0.25, 0.3) is 0 Å². The molecule has 0 amide bonds. The maximum Gasteiger partial charge on any atom is 0.310 e. The minimum Gasteiger partial charge on any atom is -0.481 e. The second-order valence-electron chi connectivity index (χ2n) is 3.61. The molecule has 1 saturated heterocycles. The van der Waals surface area contributed by atoms with Crippen molar-refractivity contribution >= 4 is 18.4 Å². The van der Waals surface area contributed by atoms with Gasteiger partial charge >= 0.3 is 5.97 Å². The van der Waals surface area contributed by atoms with E-state index < -0.39 is 11.4 Å². The van der Waals surface area contributed by atoms with Gasteiger partial charge in [0.15, 0.2) is 0 Å². The molecular weight excluding hydrogens is 194 g/mol. The van der Waals surface area contributed by atoms with Crippen molar-refractivity contribution in [1.82, 2.24) is 5.32 Å². The minimum absolute atomic E-state index is 0. The van der Waals surface area contributed by atoms with Crippen LogP contribution < -0.4 is 5.32 Å². The zero-order chi connectivity index (χ0) is 9.19. The van der Waals surface area contributed by atoms with Crippen LogP contribution in [0.25, 0.3) is 0 Å². The highest BCUT2D eigenvalue weighted by Gasteiger charge is 2.37. The summed E-state index contributed by atoms with van der Waals surface area (Å²) >= 11 is 0. The summed E-state index contributed by atoms with van der Waals surface area (Å²) in [5.74, 6) is -0.787. The number of morpholine rings is 1. The summed E-state index contributed by atoms with van der Waals surface area (Å²) in [6.45, 7) is 5.32. The summed E-state index contributed by atoms with van der Waals surface area (Å²) in [6.07, 6.45) is 0. The molecule has 0 saturated carbocycles. The number of ether oxygens (including phenoxy) is 1. The number of carbonyl (C=O) groups is 1. The predicted molar refractivity (Wildman–Crippen MR) is 51.3 cm³/mol. The third-order valence-electron chi connectivity index (χ3n) is 2.34. The van der Waals surface area contributed by atoms with Crippen molar-refractivity contribution in [2.75, 3.05) is 19.8 Å². The van der Waals surface area contributed by atoms with E-state index in [0.717, 1.165) is 6.54 Å². The van der Waals surface area contributed by atoms with E-state index in [9.17, 15) is 4.79 Å². The third kappa shape index (κ3) is 2.83. The molecule has 1 heterocycles. The lowest BCUT2D eigenvalue weighted by molar-refractivity contribution is -0.150. The quantitative estimate of drug-likeness (QED) is 0.696. The van der Waals surface area contributed by atoms with Crippen molar-refractivity contribution in [2.45, 2.75) is 19.9 Å². The fourth-order valence-electron chi connectivity index (χ4n) is 1.18. The molecule has 0 bridgehead atoms. The van der Waals surface area contributed by atoms with Gasteiger partial charge in [-0.2, -0.15) is 0 Å². The number of hydrogen-bond acceptors (Lipinski definition) is 3. The second kappa shape index (κ2) is 4.79. The Bertz CT molecular complexity index is 178. The molecule has 2 N–H and O–H groups in total. The first kappa shape index (κ1) is 12.7. The summed E-state index contributed by atoms with van der Waals surface area (Å²) in [5, 5.41) is 12.0. The first-order valence-corrected chi connectivity index (χ1v) is 4.09. The van der Waals surface area contributed by atoms with Crippen molar-refractivity contribution in [3.05, 3.63) is 0 Å². The van der Waals surface area contributed by atoms with Crippen LogP contribution in [0.1, 0.15) is 13.8 Å². The first-order valence-electron chi connectivity index (χ1n) is 4.09. The molecule has 0 aromatic carbocycles. The molecule has 0 aliphatic carbocycles.